The molecule has 0 fully saturated rings. The van der Waals surface area contributed by atoms with Crippen molar-refractivity contribution >= 4 is 43.8 Å². The molecule has 7 nitrogen and oxygen atoms in total. The Morgan fingerprint density at radius 2 is 1.35 bits per heavy atom. The summed E-state index contributed by atoms with van der Waals surface area (Å²) in [7, 11) is 0. The van der Waals surface area contributed by atoms with Crippen LogP contribution in [-0.2, 0) is 0 Å². The van der Waals surface area contributed by atoms with Crippen molar-refractivity contribution in [2.24, 2.45) is 0 Å². The van der Waals surface area contributed by atoms with E-state index in [1.54, 1.807) is 11.3 Å². The molecule has 0 aliphatic heterocycles. The van der Waals surface area contributed by atoms with Gasteiger partial charge in [0.1, 0.15) is 10.7 Å². The van der Waals surface area contributed by atoms with Crippen molar-refractivity contribution in [2.75, 3.05) is 0 Å². The first kappa shape index (κ1) is 23.9. The molecule has 0 saturated carbocycles. The third kappa shape index (κ3) is 3.92. The van der Waals surface area contributed by atoms with Crippen LogP contribution in [0.3, 0.4) is 0 Å². The van der Waals surface area contributed by atoms with E-state index >= 15 is 0 Å². The van der Waals surface area contributed by atoms with E-state index in [4.69, 9.17) is 25.0 Å². The summed E-state index contributed by atoms with van der Waals surface area (Å²) in [6.45, 7) is 0. The number of aromatic nitrogens is 7. The SMILES string of the molecule is c1ccc2nc(-c3c(-c4nc5ccccc5s4)ccc(-c4cc5ccccn5n4)c3-c3cn4ccccc4n3)cnc2c1. The highest BCUT2D eigenvalue weighted by Crippen LogP contribution is 2.46. The molecule has 202 valence electrons. The maximum absolute atomic E-state index is 5.16. The van der Waals surface area contributed by atoms with Crippen LogP contribution in [-0.4, -0.2) is 34.0 Å². The molecule has 0 amide bonds. The fourth-order valence-electron chi connectivity index (χ4n) is 5.72. The molecule has 43 heavy (non-hydrogen) atoms. The number of hydrogen-bond donors (Lipinski definition) is 0. The van der Waals surface area contributed by atoms with Gasteiger partial charge in [-0.2, -0.15) is 5.10 Å². The van der Waals surface area contributed by atoms with Gasteiger partial charge in [-0.3, -0.25) is 4.98 Å². The van der Waals surface area contributed by atoms with Gasteiger partial charge in [0.05, 0.1) is 50.0 Å². The number of fused-ring (bicyclic) bond motifs is 4. The van der Waals surface area contributed by atoms with E-state index in [1.165, 1.54) is 0 Å². The number of para-hydroxylation sites is 3. The molecule has 0 aliphatic rings. The molecule has 0 bridgehead atoms. The largest absolute Gasteiger partial charge is 0.306 e. The molecule has 9 aromatic rings. The Kier molecular flexibility index (Phi) is 5.23. The standard InChI is InChI=1S/C35H21N7S/c1-2-11-26-25(10-1)36-20-29(37-26)34-24(35-39-27-12-3-4-13-31(27)43-35)16-15-23(28-19-22-9-5-8-18-42(22)40-28)33(34)30-21-41-17-7-6-14-32(41)38-30/h1-21H. The predicted octanol–water partition coefficient (Wildman–Crippen LogP) is 8.20. The Labute approximate surface area is 249 Å². The van der Waals surface area contributed by atoms with Gasteiger partial charge in [0.25, 0.3) is 0 Å². The van der Waals surface area contributed by atoms with Gasteiger partial charge in [-0.05, 0) is 54.6 Å². The van der Waals surface area contributed by atoms with E-state index in [9.17, 15) is 0 Å². The van der Waals surface area contributed by atoms with E-state index in [2.05, 4.69) is 48.7 Å². The fraction of sp³-hybridized carbons (Fsp3) is 0. The Hall–Kier alpha value is -5.73. The molecule has 8 heteroatoms. The Bertz CT molecular complexity index is 2390. The normalized spacial score (nSPS) is 11.7. The van der Waals surface area contributed by atoms with Crippen LogP contribution in [0.2, 0.25) is 0 Å². The first-order valence-electron chi connectivity index (χ1n) is 13.9. The van der Waals surface area contributed by atoms with Crippen LogP contribution in [0.4, 0.5) is 0 Å². The molecule has 0 unspecified atom stereocenters. The summed E-state index contributed by atoms with van der Waals surface area (Å²) in [5.41, 5.74) is 10.8. The molecule has 0 atom stereocenters. The molecule has 0 N–H and O–H groups in total. The van der Waals surface area contributed by atoms with Crippen LogP contribution < -0.4 is 0 Å². The van der Waals surface area contributed by atoms with Crippen LogP contribution >= 0.6 is 11.3 Å². The Morgan fingerprint density at radius 3 is 2.23 bits per heavy atom. The minimum absolute atomic E-state index is 0.755. The van der Waals surface area contributed by atoms with E-state index in [0.29, 0.717) is 0 Å². The summed E-state index contributed by atoms with van der Waals surface area (Å²) >= 11 is 1.67. The summed E-state index contributed by atoms with van der Waals surface area (Å²) < 4.78 is 5.08. The smallest absolute Gasteiger partial charge is 0.137 e. The van der Waals surface area contributed by atoms with Gasteiger partial charge in [-0.15, -0.1) is 11.3 Å². The third-order valence-corrected chi connectivity index (χ3v) is 8.77. The van der Waals surface area contributed by atoms with Gasteiger partial charge in [-0.25, -0.2) is 19.5 Å². The number of rotatable bonds is 4. The lowest BCUT2D eigenvalue weighted by Gasteiger charge is -2.16. The summed E-state index contributed by atoms with van der Waals surface area (Å²) in [6, 6.07) is 34.7. The summed E-state index contributed by atoms with van der Waals surface area (Å²) in [5.74, 6) is 0. The monoisotopic (exact) mass is 571 g/mol. The highest BCUT2D eigenvalue weighted by atomic mass is 32.1. The molecular weight excluding hydrogens is 551 g/mol. The fourth-order valence-corrected chi connectivity index (χ4v) is 6.71. The predicted molar refractivity (Wildman–Crippen MR) is 172 cm³/mol. The van der Waals surface area contributed by atoms with Crippen molar-refractivity contribution in [3.05, 3.63) is 128 Å². The zero-order chi connectivity index (χ0) is 28.3. The topological polar surface area (TPSA) is 73.3 Å². The number of nitrogens with zero attached hydrogens (tertiary/aromatic N) is 7. The summed E-state index contributed by atoms with van der Waals surface area (Å²) in [4.78, 5) is 20.2. The molecule has 6 aromatic heterocycles. The first-order valence-corrected chi connectivity index (χ1v) is 14.7. The van der Waals surface area contributed by atoms with Gasteiger partial charge in [-0.1, -0.05) is 48.5 Å². The second-order valence-corrected chi connectivity index (χ2v) is 11.4. The van der Waals surface area contributed by atoms with Crippen LogP contribution in [0, 0.1) is 0 Å². The van der Waals surface area contributed by atoms with Crippen LogP contribution in [0.5, 0.6) is 0 Å². The lowest BCUT2D eigenvalue weighted by molar-refractivity contribution is 0.966. The third-order valence-electron chi connectivity index (χ3n) is 7.70. The van der Waals surface area contributed by atoms with Crippen molar-refractivity contribution in [3.63, 3.8) is 0 Å². The van der Waals surface area contributed by atoms with Gasteiger partial charge >= 0.3 is 0 Å². The van der Waals surface area contributed by atoms with Crippen molar-refractivity contribution in [2.45, 2.75) is 0 Å². The van der Waals surface area contributed by atoms with Crippen molar-refractivity contribution in [3.8, 4) is 44.3 Å². The zero-order valence-electron chi connectivity index (χ0n) is 22.7. The number of hydrogen-bond acceptors (Lipinski definition) is 6. The molecule has 3 aromatic carbocycles. The van der Waals surface area contributed by atoms with Crippen LogP contribution in [0.25, 0.3) is 76.8 Å². The lowest BCUT2D eigenvalue weighted by Crippen LogP contribution is -1.98. The maximum atomic E-state index is 5.16. The van der Waals surface area contributed by atoms with Crippen molar-refractivity contribution < 1.29 is 0 Å². The lowest BCUT2D eigenvalue weighted by atomic mass is 9.90. The highest BCUT2D eigenvalue weighted by Gasteiger charge is 2.25. The van der Waals surface area contributed by atoms with E-state index in [1.807, 2.05) is 88.2 Å². The first-order chi connectivity index (χ1) is 21.3. The maximum Gasteiger partial charge on any atom is 0.137 e. The molecule has 9 rings (SSSR count). The minimum atomic E-state index is 0.755. The van der Waals surface area contributed by atoms with E-state index < -0.39 is 0 Å². The molecule has 0 aliphatic carbocycles. The van der Waals surface area contributed by atoms with E-state index in [-0.39, 0.29) is 0 Å². The van der Waals surface area contributed by atoms with E-state index in [0.717, 1.165) is 76.8 Å². The molecule has 0 radical (unpaired) electrons. The molecule has 6 heterocycles. The van der Waals surface area contributed by atoms with Gasteiger partial charge < -0.3 is 4.40 Å². The average molecular weight is 572 g/mol. The average Bonchev–Trinajstić information content (AvgIpc) is 3.80. The molecule has 0 spiro atoms. The second kappa shape index (κ2) is 9.40. The highest BCUT2D eigenvalue weighted by molar-refractivity contribution is 7.21. The summed E-state index contributed by atoms with van der Waals surface area (Å²) in [5, 5.41) is 5.89. The van der Waals surface area contributed by atoms with Crippen molar-refractivity contribution in [1.29, 1.82) is 0 Å². The van der Waals surface area contributed by atoms with Crippen molar-refractivity contribution in [1.82, 2.24) is 34.0 Å². The number of pyridine rings is 2. The van der Waals surface area contributed by atoms with Gasteiger partial charge in [0.15, 0.2) is 0 Å². The zero-order valence-corrected chi connectivity index (χ0v) is 23.5. The number of benzene rings is 3. The van der Waals surface area contributed by atoms with Gasteiger partial charge in [0, 0.05) is 40.8 Å². The minimum Gasteiger partial charge on any atom is -0.306 e. The van der Waals surface area contributed by atoms with Gasteiger partial charge in [0.2, 0.25) is 0 Å². The number of thiazole rings is 1. The van der Waals surface area contributed by atoms with Crippen LogP contribution in [0.15, 0.2) is 128 Å². The Balaban J connectivity index is 1.42. The van der Waals surface area contributed by atoms with Crippen LogP contribution in [0.1, 0.15) is 0 Å². The summed E-state index contributed by atoms with van der Waals surface area (Å²) in [6.07, 6.45) is 7.92. The Morgan fingerprint density at radius 1 is 0.581 bits per heavy atom. The number of imidazole rings is 1. The molecular formula is C35H21N7S. The molecule has 0 saturated heterocycles. The quantitative estimate of drug-likeness (QED) is 0.213. The second-order valence-electron chi connectivity index (χ2n) is 10.3.